The summed E-state index contributed by atoms with van der Waals surface area (Å²) in [5.74, 6) is 0.672. The average molecular weight is 266 g/mol. The zero-order valence-electron chi connectivity index (χ0n) is 12.5. The van der Waals surface area contributed by atoms with E-state index < -0.39 is 0 Å². The van der Waals surface area contributed by atoms with Crippen LogP contribution in [-0.2, 0) is 11.3 Å². The van der Waals surface area contributed by atoms with Crippen LogP contribution in [0.1, 0.15) is 38.4 Å². The van der Waals surface area contributed by atoms with E-state index in [0.717, 1.165) is 25.3 Å². The van der Waals surface area contributed by atoms with E-state index in [1.807, 2.05) is 13.0 Å². The van der Waals surface area contributed by atoms with Gasteiger partial charge in [0.2, 0.25) is 5.88 Å². The Hall–Kier alpha value is -1.13. The quantitative estimate of drug-likeness (QED) is 0.698. The van der Waals surface area contributed by atoms with Crippen LogP contribution in [-0.4, -0.2) is 30.8 Å². The summed E-state index contributed by atoms with van der Waals surface area (Å²) in [6.45, 7) is 11.2. The molecule has 1 aromatic rings. The molecule has 0 aromatic carbocycles. The van der Waals surface area contributed by atoms with Crippen LogP contribution in [0.2, 0.25) is 0 Å². The zero-order chi connectivity index (χ0) is 14.1. The van der Waals surface area contributed by atoms with Gasteiger partial charge in [0, 0.05) is 31.0 Å². The fourth-order valence-electron chi connectivity index (χ4n) is 1.60. The number of hydrogen-bond acceptors (Lipinski definition) is 4. The van der Waals surface area contributed by atoms with Crippen LogP contribution < -0.4 is 10.1 Å². The smallest absolute Gasteiger partial charge is 0.213 e. The number of pyridine rings is 1. The summed E-state index contributed by atoms with van der Waals surface area (Å²) >= 11 is 0. The molecule has 0 aliphatic heterocycles. The van der Waals surface area contributed by atoms with Crippen molar-refractivity contribution in [2.24, 2.45) is 0 Å². The van der Waals surface area contributed by atoms with Gasteiger partial charge in [-0.05, 0) is 18.9 Å². The van der Waals surface area contributed by atoms with Crippen LogP contribution in [0.3, 0.4) is 0 Å². The van der Waals surface area contributed by atoms with Crippen molar-refractivity contribution in [2.45, 2.75) is 46.7 Å². The molecule has 0 unspecified atom stereocenters. The van der Waals surface area contributed by atoms with Crippen molar-refractivity contribution in [1.29, 1.82) is 0 Å². The summed E-state index contributed by atoms with van der Waals surface area (Å²) in [5, 5.41) is 3.39. The monoisotopic (exact) mass is 266 g/mol. The van der Waals surface area contributed by atoms with Crippen molar-refractivity contribution in [2.75, 3.05) is 19.8 Å². The fraction of sp³-hybridized carbons (Fsp3) is 0.667. The third kappa shape index (κ3) is 6.55. The van der Waals surface area contributed by atoms with Crippen LogP contribution in [0.25, 0.3) is 0 Å². The second-order valence-electron chi connectivity index (χ2n) is 4.89. The number of hydrogen-bond donors (Lipinski definition) is 1. The number of aryl methyl sites for hydroxylation is 1. The Morgan fingerprint density at radius 1 is 1.21 bits per heavy atom. The normalized spacial score (nSPS) is 11.0. The lowest BCUT2D eigenvalue weighted by atomic mass is 10.2. The summed E-state index contributed by atoms with van der Waals surface area (Å²) in [4.78, 5) is 4.45. The lowest BCUT2D eigenvalue weighted by molar-refractivity contribution is 0.0989. The molecular weight excluding hydrogens is 240 g/mol. The molecule has 1 heterocycles. The maximum Gasteiger partial charge on any atom is 0.213 e. The molecule has 0 saturated heterocycles. The number of nitrogens with one attached hydrogen (secondary N) is 1. The van der Waals surface area contributed by atoms with E-state index in [2.05, 4.69) is 37.1 Å². The molecule has 1 N–H and O–H groups in total. The summed E-state index contributed by atoms with van der Waals surface area (Å²) < 4.78 is 10.9. The van der Waals surface area contributed by atoms with Crippen LogP contribution >= 0.6 is 0 Å². The Labute approximate surface area is 116 Å². The van der Waals surface area contributed by atoms with Crippen molar-refractivity contribution in [1.82, 2.24) is 10.3 Å². The minimum Gasteiger partial charge on any atom is -0.475 e. The van der Waals surface area contributed by atoms with Gasteiger partial charge in [0.1, 0.15) is 6.61 Å². The Morgan fingerprint density at radius 3 is 2.63 bits per heavy atom. The van der Waals surface area contributed by atoms with E-state index in [1.54, 1.807) is 0 Å². The first-order valence-corrected chi connectivity index (χ1v) is 7.04. The molecule has 0 atom stereocenters. The van der Waals surface area contributed by atoms with Gasteiger partial charge in [-0.3, -0.25) is 0 Å². The van der Waals surface area contributed by atoms with Gasteiger partial charge in [-0.1, -0.05) is 26.8 Å². The highest BCUT2D eigenvalue weighted by Gasteiger charge is 2.03. The molecule has 0 amide bonds. The van der Waals surface area contributed by atoms with Crippen LogP contribution in [0.15, 0.2) is 12.1 Å². The van der Waals surface area contributed by atoms with Crippen molar-refractivity contribution in [3.8, 4) is 5.88 Å². The maximum absolute atomic E-state index is 5.56. The van der Waals surface area contributed by atoms with Crippen LogP contribution in [0.5, 0.6) is 5.88 Å². The molecule has 0 spiro atoms. The van der Waals surface area contributed by atoms with Crippen molar-refractivity contribution < 1.29 is 9.47 Å². The van der Waals surface area contributed by atoms with Crippen LogP contribution in [0.4, 0.5) is 0 Å². The average Bonchev–Trinajstić information content (AvgIpc) is 2.37. The van der Waals surface area contributed by atoms with Crippen LogP contribution in [0, 0.1) is 6.92 Å². The molecule has 0 radical (unpaired) electrons. The number of nitrogens with zero attached hydrogens (tertiary/aromatic N) is 1. The third-order valence-corrected chi connectivity index (χ3v) is 2.70. The van der Waals surface area contributed by atoms with Crippen molar-refractivity contribution in [3.63, 3.8) is 0 Å². The topological polar surface area (TPSA) is 43.4 Å². The molecule has 0 aliphatic carbocycles. The van der Waals surface area contributed by atoms with E-state index in [9.17, 15) is 0 Å². The molecule has 4 heteroatoms. The van der Waals surface area contributed by atoms with Gasteiger partial charge in [-0.2, -0.15) is 0 Å². The highest BCUT2D eigenvalue weighted by atomic mass is 16.5. The molecule has 1 aromatic heterocycles. The molecule has 0 aliphatic rings. The minimum absolute atomic E-state index is 0.478. The SMILES string of the molecule is CCCOCCOc1ccc(CNC(C)C)c(C)n1. The van der Waals surface area contributed by atoms with E-state index >= 15 is 0 Å². The summed E-state index contributed by atoms with van der Waals surface area (Å²) in [6, 6.07) is 4.47. The molecule has 0 saturated carbocycles. The van der Waals surface area contributed by atoms with Gasteiger partial charge in [0.05, 0.1) is 6.61 Å². The third-order valence-electron chi connectivity index (χ3n) is 2.70. The van der Waals surface area contributed by atoms with Gasteiger partial charge in [-0.15, -0.1) is 0 Å². The second-order valence-corrected chi connectivity index (χ2v) is 4.89. The lowest BCUT2D eigenvalue weighted by Gasteiger charge is -2.11. The molecule has 0 bridgehead atoms. The highest BCUT2D eigenvalue weighted by molar-refractivity contribution is 5.24. The number of rotatable bonds is 9. The number of aromatic nitrogens is 1. The zero-order valence-corrected chi connectivity index (χ0v) is 12.5. The van der Waals surface area contributed by atoms with Gasteiger partial charge in [0.25, 0.3) is 0 Å². The van der Waals surface area contributed by atoms with E-state index in [0.29, 0.717) is 25.1 Å². The van der Waals surface area contributed by atoms with Gasteiger partial charge in [0.15, 0.2) is 0 Å². The standard InChI is InChI=1S/C15H26N2O2/c1-5-8-18-9-10-19-15-7-6-14(13(4)17-15)11-16-12(2)3/h6-7,12,16H,5,8-11H2,1-4H3. The Bertz CT molecular complexity index is 367. The molecule has 1 rings (SSSR count). The number of ether oxygens (including phenoxy) is 2. The summed E-state index contributed by atoms with van der Waals surface area (Å²) in [5.41, 5.74) is 2.23. The second kappa shape index (κ2) is 8.88. The first-order valence-electron chi connectivity index (χ1n) is 7.04. The fourth-order valence-corrected chi connectivity index (χ4v) is 1.60. The first-order chi connectivity index (χ1) is 9.13. The Morgan fingerprint density at radius 2 is 2.00 bits per heavy atom. The molecular formula is C15H26N2O2. The lowest BCUT2D eigenvalue weighted by Crippen LogP contribution is -2.22. The predicted molar refractivity (Wildman–Crippen MR) is 77.6 cm³/mol. The Balaban J connectivity index is 2.38. The van der Waals surface area contributed by atoms with Gasteiger partial charge in [-0.25, -0.2) is 4.98 Å². The minimum atomic E-state index is 0.478. The molecule has 108 valence electrons. The molecule has 19 heavy (non-hydrogen) atoms. The maximum atomic E-state index is 5.56. The Kier molecular flexibility index (Phi) is 7.45. The van der Waals surface area contributed by atoms with Gasteiger partial charge >= 0.3 is 0 Å². The van der Waals surface area contributed by atoms with E-state index in [4.69, 9.17) is 9.47 Å². The highest BCUT2D eigenvalue weighted by Crippen LogP contribution is 2.12. The predicted octanol–water partition coefficient (Wildman–Crippen LogP) is 2.69. The van der Waals surface area contributed by atoms with Gasteiger partial charge < -0.3 is 14.8 Å². The first kappa shape index (κ1) is 15.9. The molecule has 0 fully saturated rings. The molecule has 4 nitrogen and oxygen atoms in total. The van der Waals surface area contributed by atoms with Crippen molar-refractivity contribution in [3.05, 3.63) is 23.4 Å². The van der Waals surface area contributed by atoms with E-state index in [-0.39, 0.29) is 0 Å². The summed E-state index contributed by atoms with van der Waals surface area (Å²) in [7, 11) is 0. The summed E-state index contributed by atoms with van der Waals surface area (Å²) in [6.07, 6.45) is 1.04. The van der Waals surface area contributed by atoms with Crippen molar-refractivity contribution >= 4 is 0 Å². The largest absolute Gasteiger partial charge is 0.475 e. The van der Waals surface area contributed by atoms with E-state index in [1.165, 1.54) is 5.56 Å².